The number of halogens is 1. The van der Waals surface area contributed by atoms with Gasteiger partial charge in [-0.15, -0.1) is 10.2 Å². The smallest absolute Gasteiger partial charge is 0.321 e. The molecule has 1 aromatic heterocycles. The molecule has 1 aromatic carbocycles. The van der Waals surface area contributed by atoms with Crippen molar-refractivity contribution in [2.75, 3.05) is 6.54 Å². The molecule has 2 aliphatic rings. The molecule has 0 radical (unpaired) electrons. The molecule has 2 aliphatic carbocycles. The SMILES string of the molecule is CCNC(=O)NC(=O)[C@H](C)Sc1nnc(COc2ccccc2F)n1[C@@H](C)[C@@H]1C[C@H]2CC[C@H]1C2. The van der Waals surface area contributed by atoms with Crippen LogP contribution in [0.5, 0.6) is 5.75 Å². The number of para-hydroxylation sites is 1. The number of thioether (sulfide) groups is 1. The Kier molecular flexibility index (Phi) is 7.75. The van der Waals surface area contributed by atoms with Crippen LogP contribution in [-0.2, 0) is 11.4 Å². The highest BCUT2D eigenvalue weighted by Crippen LogP contribution is 2.52. The lowest BCUT2D eigenvalue weighted by Crippen LogP contribution is -2.42. The minimum absolute atomic E-state index is 0.0686. The molecular formula is C24H32FN5O3S. The molecule has 5 atom stereocenters. The van der Waals surface area contributed by atoms with E-state index in [1.54, 1.807) is 32.0 Å². The standard InChI is InChI=1S/C24H32FN5O3S/c1-4-26-23(32)27-22(31)15(3)34-24-29-28-21(13-33-20-8-6-5-7-19(20)25)30(24)14(2)18-12-16-9-10-17(18)11-16/h5-8,14-18H,4,9-13H2,1-3H3,(H2,26,27,31,32)/t14-,15-,16-,17-,18-/m0/s1. The monoisotopic (exact) mass is 489 g/mol. The number of urea groups is 1. The van der Waals surface area contributed by atoms with E-state index in [9.17, 15) is 14.0 Å². The van der Waals surface area contributed by atoms with Crippen molar-refractivity contribution in [1.82, 2.24) is 25.4 Å². The van der Waals surface area contributed by atoms with Gasteiger partial charge in [-0.2, -0.15) is 0 Å². The number of carbonyl (C=O) groups is 2. The number of rotatable bonds is 9. The summed E-state index contributed by atoms with van der Waals surface area (Å²) >= 11 is 1.26. The lowest BCUT2D eigenvalue weighted by molar-refractivity contribution is -0.119. The van der Waals surface area contributed by atoms with E-state index in [0.717, 1.165) is 5.92 Å². The fraction of sp³-hybridized carbons (Fsp3) is 0.583. The van der Waals surface area contributed by atoms with Gasteiger partial charge in [0.15, 0.2) is 22.5 Å². The van der Waals surface area contributed by atoms with Crippen LogP contribution in [-0.4, -0.2) is 38.5 Å². The number of ether oxygens (including phenoxy) is 1. The lowest BCUT2D eigenvalue weighted by Gasteiger charge is -2.30. The Morgan fingerprint density at radius 1 is 1.24 bits per heavy atom. The number of nitrogens with zero attached hydrogens (tertiary/aromatic N) is 3. The van der Waals surface area contributed by atoms with Crippen LogP contribution in [0.2, 0.25) is 0 Å². The molecule has 8 nitrogen and oxygen atoms in total. The Morgan fingerprint density at radius 2 is 2.03 bits per heavy atom. The molecule has 10 heteroatoms. The first-order valence-corrected chi connectivity index (χ1v) is 12.8. The summed E-state index contributed by atoms with van der Waals surface area (Å²) in [5.74, 6) is 1.89. The van der Waals surface area contributed by atoms with Gasteiger partial charge in [0.05, 0.1) is 5.25 Å². The number of carbonyl (C=O) groups excluding carboxylic acids is 2. The minimum atomic E-state index is -0.557. The molecule has 2 N–H and O–H groups in total. The summed E-state index contributed by atoms with van der Waals surface area (Å²) in [5, 5.41) is 13.7. The van der Waals surface area contributed by atoms with Crippen molar-refractivity contribution >= 4 is 23.7 Å². The average molecular weight is 490 g/mol. The zero-order chi connectivity index (χ0) is 24.2. The van der Waals surface area contributed by atoms with E-state index in [1.165, 1.54) is 43.5 Å². The van der Waals surface area contributed by atoms with E-state index >= 15 is 0 Å². The van der Waals surface area contributed by atoms with Crippen molar-refractivity contribution in [2.24, 2.45) is 17.8 Å². The number of imide groups is 1. The third kappa shape index (κ3) is 5.37. The third-order valence-corrected chi connectivity index (χ3v) is 8.03. The zero-order valence-electron chi connectivity index (χ0n) is 19.8. The molecule has 0 aliphatic heterocycles. The topological polar surface area (TPSA) is 98.1 Å². The van der Waals surface area contributed by atoms with Gasteiger partial charge in [0.1, 0.15) is 6.61 Å². The van der Waals surface area contributed by atoms with Gasteiger partial charge in [-0.1, -0.05) is 30.3 Å². The fourth-order valence-corrected chi connectivity index (χ4v) is 6.26. The number of hydrogen-bond acceptors (Lipinski definition) is 6. The van der Waals surface area contributed by atoms with Gasteiger partial charge in [0, 0.05) is 12.6 Å². The van der Waals surface area contributed by atoms with Crippen LogP contribution in [0.1, 0.15) is 58.3 Å². The van der Waals surface area contributed by atoms with Crippen LogP contribution >= 0.6 is 11.8 Å². The van der Waals surface area contributed by atoms with Crippen molar-refractivity contribution in [3.8, 4) is 5.75 Å². The maximum absolute atomic E-state index is 14.1. The summed E-state index contributed by atoms with van der Waals surface area (Å²) in [7, 11) is 0. The first-order chi connectivity index (χ1) is 16.4. The summed E-state index contributed by atoms with van der Waals surface area (Å²) in [6.45, 7) is 6.19. The van der Waals surface area contributed by atoms with Gasteiger partial charge in [-0.05, 0) is 69.9 Å². The van der Waals surface area contributed by atoms with Crippen LogP contribution in [0.15, 0.2) is 29.4 Å². The molecule has 2 bridgehead atoms. The van der Waals surface area contributed by atoms with Crippen molar-refractivity contribution in [2.45, 2.75) is 69.5 Å². The second kappa shape index (κ2) is 10.8. The van der Waals surface area contributed by atoms with E-state index in [2.05, 4.69) is 27.8 Å². The third-order valence-electron chi connectivity index (χ3n) is 6.97. The number of hydrogen-bond donors (Lipinski definition) is 2. The van der Waals surface area contributed by atoms with Crippen molar-refractivity contribution < 1.29 is 18.7 Å². The molecular weight excluding hydrogens is 457 g/mol. The predicted molar refractivity (Wildman–Crippen MR) is 127 cm³/mol. The van der Waals surface area contributed by atoms with E-state index in [1.807, 2.05) is 4.57 Å². The van der Waals surface area contributed by atoms with Gasteiger partial charge in [0.25, 0.3) is 0 Å². The molecule has 3 amide bonds. The Labute approximate surface area is 203 Å². The summed E-state index contributed by atoms with van der Waals surface area (Å²) in [6.07, 6.45) is 5.00. The Hall–Kier alpha value is -2.62. The van der Waals surface area contributed by atoms with E-state index in [0.29, 0.717) is 29.4 Å². The average Bonchev–Trinajstić information content (AvgIpc) is 3.54. The fourth-order valence-electron chi connectivity index (χ4n) is 5.31. The summed E-state index contributed by atoms with van der Waals surface area (Å²) < 4.78 is 21.9. The van der Waals surface area contributed by atoms with Crippen molar-refractivity contribution in [1.29, 1.82) is 0 Å². The highest BCUT2D eigenvalue weighted by molar-refractivity contribution is 8.00. The normalized spacial score (nSPS) is 22.9. The summed E-state index contributed by atoms with van der Waals surface area (Å²) in [4.78, 5) is 24.3. The van der Waals surface area contributed by atoms with Gasteiger partial charge < -0.3 is 10.1 Å². The van der Waals surface area contributed by atoms with Gasteiger partial charge >= 0.3 is 6.03 Å². The Morgan fingerprint density at radius 3 is 2.71 bits per heavy atom. The van der Waals surface area contributed by atoms with Gasteiger partial charge in [-0.25, -0.2) is 9.18 Å². The Balaban J connectivity index is 1.54. The van der Waals surface area contributed by atoms with E-state index in [-0.39, 0.29) is 18.4 Å². The molecule has 0 saturated heterocycles. The van der Waals surface area contributed by atoms with Crippen LogP contribution in [0.25, 0.3) is 0 Å². The number of fused-ring (bicyclic) bond motifs is 2. The highest BCUT2D eigenvalue weighted by Gasteiger charge is 2.43. The van der Waals surface area contributed by atoms with Crippen LogP contribution in [0.3, 0.4) is 0 Å². The first kappa shape index (κ1) is 24.5. The maximum atomic E-state index is 14.1. The van der Waals surface area contributed by atoms with E-state index in [4.69, 9.17) is 4.74 Å². The van der Waals surface area contributed by atoms with Crippen LogP contribution in [0, 0.1) is 23.6 Å². The second-order valence-corrected chi connectivity index (χ2v) is 10.5. The number of aromatic nitrogens is 3. The van der Waals surface area contributed by atoms with Crippen LogP contribution < -0.4 is 15.4 Å². The maximum Gasteiger partial charge on any atom is 0.321 e. The molecule has 2 saturated carbocycles. The molecule has 2 aromatic rings. The summed E-state index contributed by atoms with van der Waals surface area (Å²) in [6, 6.07) is 5.87. The Bertz CT molecular complexity index is 1030. The summed E-state index contributed by atoms with van der Waals surface area (Å²) in [5.41, 5.74) is 0. The van der Waals surface area contributed by atoms with Crippen LogP contribution in [0.4, 0.5) is 9.18 Å². The lowest BCUT2D eigenvalue weighted by atomic mass is 9.84. The molecule has 0 unspecified atom stereocenters. The number of amides is 3. The molecule has 1 heterocycles. The minimum Gasteiger partial charge on any atom is -0.483 e. The zero-order valence-corrected chi connectivity index (χ0v) is 20.6. The van der Waals surface area contributed by atoms with Crippen molar-refractivity contribution in [3.05, 3.63) is 35.9 Å². The largest absolute Gasteiger partial charge is 0.483 e. The quantitative estimate of drug-likeness (QED) is 0.509. The number of nitrogens with one attached hydrogen (secondary N) is 2. The second-order valence-electron chi connectivity index (χ2n) is 9.18. The van der Waals surface area contributed by atoms with E-state index < -0.39 is 23.0 Å². The predicted octanol–water partition coefficient (Wildman–Crippen LogP) is 4.32. The molecule has 4 rings (SSSR count). The van der Waals surface area contributed by atoms with Gasteiger partial charge in [-0.3, -0.25) is 14.7 Å². The molecule has 34 heavy (non-hydrogen) atoms. The highest BCUT2D eigenvalue weighted by atomic mass is 32.2. The first-order valence-electron chi connectivity index (χ1n) is 11.9. The molecule has 184 valence electrons. The molecule has 2 fully saturated rings. The number of benzene rings is 1. The molecule has 0 spiro atoms. The van der Waals surface area contributed by atoms with Crippen molar-refractivity contribution in [3.63, 3.8) is 0 Å². The van der Waals surface area contributed by atoms with Gasteiger partial charge in [0.2, 0.25) is 5.91 Å².